The second-order valence-corrected chi connectivity index (χ2v) is 4.37. The van der Waals surface area contributed by atoms with Crippen LogP contribution in [-0.4, -0.2) is 24.9 Å². The largest absolute Gasteiger partial charge is 0.396 e. The number of rotatable bonds is 7. The van der Waals surface area contributed by atoms with Gasteiger partial charge >= 0.3 is 0 Å². The molecule has 0 aromatic heterocycles. The summed E-state index contributed by atoms with van der Waals surface area (Å²) in [6.07, 6.45) is 4.91. The van der Waals surface area contributed by atoms with Crippen molar-refractivity contribution in [3.05, 3.63) is 0 Å². The van der Waals surface area contributed by atoms with Crippen molar-refractivity contribution >= 4 is 0 Å². The van der Waals surface area contributed by atoms with Gasteiger partial charge in [0.1, 0.15) is 0 Å². The van der Waals surface area contributed by atoms with Crippen LogP contribution in [-0.2, 0) is 4.74 Å². The lowest BCUT2D eigenvalue weighted by Gasteiger charge is -2.31. The Balaban J connectivity index is 3.87. The van der Waals surface area contributed by atoms with Crippen LogP contribution in [0.1, 0.15) is 46.5 Å². The fourth-order valence-electron chi connectivity index (χ4n) is 1.51. The molecule has 1 unspecified atom stereocenters. The van der Waals surface area contributed by atoms with Gasteiger partial charge in [-0.05, 0) is 6.42 Å². The average Bonchev–Trinajstić information content (AvgIpc) is 2.12. The summed E-state index contributed by atoms with van der Waals surface area (Å²) in [5.74, 6) is 0. The fraction of sp³-hybridized carbons (Fsp3) is 1.00. The van der Waals surface area contributed by atoms with E-state index in [9.17, 15) is 5.11 Å². The highest BCUT2D eigenvalue weighted by atomic mass is 16.5. The van der Waals surface area contributed by atoms with E-state index in [0.717, 1.165) is 6.42 Å². The van der Waals surface area contributed by atoms with Gasteiger partial charge in [0.15, 0.2) is 0 Å². The Morgan fingerprint density at radius 2 is 1.92 bits per heavy atom. The van der Waals surface area contributed by atoms with E-state index in [4.69, 9.17) is 4.74 Å². The summed E-state index contributed by atoms with van der Waals surface area (Å²) in [5, 5.41) is 9.17. The number of aliphatic hydroxyl groups is 1. The van der Waals surface area contributed by atoms with Crippen molar-refractivity contribution in [3.8, 4) is 0 Å². The molecule has 0 rings (SSSR count). The van der Waals surface area contributed by atoms with E-state index in [-0.39, 0.29) is 18.1 Å². The molecule has 0 aliphatic heterocycles. The first kappa shape index (κ1) is 12.9. The molecule has 0 spiro atoms. The Morgan fingerprint density at radius 3 is 2.31 bits per heavy atom. The van der Waals surface area contributed by atoms with Crippen LogP contribution in [0.15, 0.2) is 0 Å². The van der Waals surface area contributed by atoms with E-state index in [0.29, 0.717) is 0 Å². The third-order valence-corrected chi connectivity index (χ3v) is 2.63. The van der Waals surface area contributed by atoms with Crippen LogP contribution < -0.4 is 0 Å². The minimum absolute atomic E-state index is 0.109. The Kier molecular flexibility index (Phi) is 6.35. The van der Waals surface area contributed by atoms with Crippen molar-refractivity contribution in [2.45, 2.75) is 52.6 Å². The molecule has 0 saturated heterocycles. The monoisotopic (exact) mass is 188 g/mol. The molecule has 0 aliphatic rings. The van der Waals surface area contributed by atoms with Crippen molar-refractivity contribution in [2.75, 3.05) is 13.7 Å². The van der Waals surface area contributed by atoms with Crippen LogP contribution in [0.4, 0.5) is 0 Å². The third-order valence-electron chi connectivity index (χ3n) is 2.63. The number of ether oxygens (including phenoxy) is 1. The van der Waals surface area contributed by atoms with Crippen LogP contribution in [0.5, 0.6) is 0 Å². The fourth-order valence-corrected chi connectivity index (χ4v) is 1.51. The predicted octanol–water partition coefficient (Wildman–Crippen LogP) is 2.60. The van der Waals surface area contributed by atoms with Crippen LogP contribution >= 0.6 is 0 Å². The molecule has 0 fully saturated rings. The molecule has 0 aliphatic carbocycles. The van der Waals surface area contributed by atoms with Crippen LogP contribution in [0.2, 0.25) is 0 Å². The molecule has 1 N–H and O–H groups in total. The molecule has 0 aromatic rings. The summed E-state index contributed by atoms with van der Waals surface area (Å²) in [6.45, 7) is 6.48. The first-order valence-corrected chi connectivity index (χ1v) is 5.22. The maximum absolute atomic E-state index is 9.17. The molecule has 0 radical (unpaired) electrons. The second-order valence-electron chi connectivity index (χ2n) is 4.37. The molecule has 1 atom stereocenters. The van der Waals surface area contributed by atoms with Gasteiger partial charge in [0.2, 0.25) is 0 Å². The standard InChI is InChI=1S/C11H24O2/c1-5-6-7-8-10(13-4)11(2,3)9-12/h10,12H,5-9H2,1-4H3. The van der Waals surface area contributed by atoms with Crippen molar-refractivity contribution in [1.29, 1.82) is 0 Å². The van der Waals surface area contributed by atoms with E-state index in [1.807, 2.05) is 13.8 Å². The molecule has 0 saturated carbocycles. The van der Waals surface area contributed by atoms with Gasteiger partial charge in [-0.1, -0.05) is 40.0 Å². The lowest BCUT2D eigenvalue weighted by molar-refractivity contribution is -0.0292. The number of aliphatic hydroxyl groups excluding tert-OH is 1. The van der Waals surface area contributed by atoms with E-state index in [2.05, 4.69) is 6.92 Å². The molecular formula is C11H24O2. The Labute approximate surface area is 82.3 Å². The third kappa shape index (κ3) is 4.63. The van der Waals surface area contributed by atoms with Crippen LogP contribution in [0.25, 0.3) is 0 Å². The molecule has 13 heavy (non-hydrogen) atoms. The van der Waals surface area contributed by atoms with Gasteiger partial charge in [0.05, 0.1) is 12.7 Å². The maximum Gasteiger partial charge on any atom is 0.0644 e. The van der Waals surface area contributed by atoms with Gasteiger partial charge in [0, 0.05) is 12.5 Å². The van der Waals surface area contributed by atoms with E-state index < -0.39 is 0 Å². The van der Waals surface area contributed by atoms with Gasteiger partial charge < -0.3 is 9.84 Å². The first-order chi connectivity index (χ1) is 6.08. The molecule has 0 heterocycles. The van der Waals surface area contributed by atoms with Gasteiger partial charge in [0.25, 0.3) is 0 Å². The molecule has 2 heteroatoms. The highest BCUT2D eigenvalue weighted by Gasteiger charge is 2.27. The molecule has 2 nitrogen and oxygen atoms in total. The predicted molar refractivity (Wildman–Crippen MR) is 55.8 cm³/mol. The molecular weight excluding hydrogens is 164 g/mol. The van der Waals surface area contributed by atoms with Crippen molar-refractivity contribution in [3.63, 3.8) is 0 Å². The Bertz CT molecular complexity index is 121. The molecule has 0 bridgehead atoms. The smallest absolute Gasteiger partial charge is 0.0644 e. The maximum atomic E-state index is 9.17. The van der Waals surface area contributed by atoms with Crippen molar-refractivity contribution in [2.24, 2.45) is 5.41 Å². The van der Waals surface area contributed by atoms with E-state index in [1.165, 1.54) is 19.3 Å². The van der Waals surface area contributed by atoms with Crippen LogP contribution in [0, 0.1) is 5.41 Å². The lowest BCUT2D eigenvalue weighted by Crippen LogP contribution is -2.34. The quantitative estimate of drug-likeness (QED) is 0.622. The summed E-state index contributed by atoms with van der Waals surface area (Å²) >= 11 is 0. The number of hydrogen-bond acceptors (Lipinski definition) is 2. The SMILES string of the molecule is CCCCCC(OC)C(C)(C)CO. The van der Waals surface area contributed by atoms with E-state index in [1.54, 1.807) is 7.11 Å². The van der Waals surface area contributed by atoms with Gasteiger partial charge in [-0.2, -0.15) is 0 Å². The molecule has 0 aromatic carbocycles. The zero-order chi connectivity index (χ0) is 10.3. The minimum Gasteiger partial charge on any atom is -0.396 e. The second kappa shape index (κ2) is 6.39. The highest BCUT2D eigenvalue weighted by Crippen LogP contribution is 2.26. The number of methoxy groups -OCH3 is 1. The summed E-state index contributed by atoms with van der Waals surface area (Å²) in [6, 6.07) is 0. The van der Waals surface area contributed by atoms with Crippen molar-refractivity contribution < 1.29 is 9.84 Å². The van der Waals surface area contributed by atoms with Crippen molar-refractivity contribution in [1.82, 2.24) is 0 Å². The average molecular weight is 188 g/mol. The summed E-state index contributed by atoms with van der Waals surface area (Å²) in [4.78, 5) is 0. The Hall–Kier alpha value is -0.0800. The van der Waals surface area contributed by atoms with Crippen LogP contribution in [0.3, 0.4) is 0 Å². The zero-order valence-corrected chi connectivity index (χ0v) is 9.47. The lowest BCUT2D eigenvalue weighted by atomic mass is 9.84. The topological polar surface area (TPSA) is 29.5 Å². The highest BCUT2D eigenvalue weighted by molar-refractivity contribution is 4.77. The Morgan fingerprint density at radius 1 is 1.31 bits per heavy atom. The summed E-state index contributed by atoms with van der Waals surface area (Å²) in [7, 11) is 1.73. The van der Waals surface area contributed by atoms with Gasteiger partial charge in [-0.15, -0.1) is 0 Å². The van der Waals surface area contributed by atoms with Gasteiger partial charge in [-0.25, -0.2) is 0 Å². The molecule has 0 amide bonds. The number of unbranched alkanes of at least 4 members (excludes halogenated alkanes) is 2. The first-order valence-electron chi connectivity index (χ1n) is 5.22. The summed E-state index contributed by atoms with van der Waals surface area (Å²) < 4.78 is 5.39. The van der Waals surface area contributed by atoms with E-state index >= 15 is 0 Å². The molecule has 80 valence electrons. The number of hydrogen-bond donors (Lipinski definition) is 1. The zero-order valence-electron chi connectivity index (χ0n) is 9.47. The normalized spacial score (nSPS) is 14.5. The summed E-state index contributed by atoms with van der Waals surface area (Å²) in [5.41, 5.74) is -0.109. The minimum atomic E-state index is -0.109. The van der Waals surface area contributed by atoms with Gasteiger partial charge in [-0.3, -0.25) is 0 Å².